The van der Waals surface area contributed by atoms with Gasteiger partial charge in [0.1, 0.15) is 0 Å². The lowest BCUT2D eigenvalue weighted by molar-refractivity contribution is -0.107. The summed E-state index contributed by atoms with van der Waals surface area (Å²) in [5, 5.41) is 9.52. The minimum absolute atomic E-state index is 0.0131. The normalized spacial score (nSPS) is 41.0. The average molecular weight is 170 g/mol. The molecule has 3 nitrogen and oxygen atoms in total. The molecule has 1 unspecified atom stereocenters. The van der Waals surface area contributed by atoms with Crippen molar-refractivity contribution < 1.29 is 5.11 Å². The molecular formula is C9H18N2O. The predicted molar refractivity (Wildman–Crippen MR) is 47.7 cm³/mol. The Morgan fingerprint density at radius 1 is 1.33 bits per heavy atom. The number of aliphatic hydroxyl groups excluding tert-OH is 1. The summed E-state index contributed by atoms with van der Waals surface area (Å²) in [6.07, 6.45) is 2.36. The van der Waals surface area contributed by atoms with Gasteiger partial charge >= 0.3 is 0 Å². The molecule has 3 rings (SSSR count). The van der Waals surface area contributed by atoms with Crippen LogP contribution in [0.25, 0.3) is 0 Å². The van der Waals surface area contributed by atoms with Gasteiger partial charge in [-0.05, 0) is 37.8 Å². The van der Waals surface area contributed by atoms with Crippen molar-refractivity contribution in [2.45, 2.75) is 18.9 Å². The summed E-state index contributed by atoms with van der Waals surface area (Å²) in [5.41, 5.74) is 5.44. The Bertz CT molecular complexity index is 151. The second-order valence-corrected chi connectivity index (χ2v) is 4.15. The molecule has 3 N–H and O–H groups in total. The first kappa shape index (κ1) is 8.48. The van der Waals surface area contributed by atoms with Crippen LogP contribution in [0, 0.1) is 11.8 Å². The van der Waals surface area contributed by atoms with Crippen molar-refractivity contribution in [3.05, 3.63) is 0 Å². The number of hydrogen-bond acceptors (Lipinski definition) is 3. The maximum atomic E-state index is 9.52. The lowest BCUT2D eigenvalue weighted by atomic mass is 9.68. The molecule has 1 aliphatic carbocycles. The Morgan fingerprint density at radius 3 is 2.50 bits per heavy atom. The highest BCUT2D eigenvalue weighted by atomic mass is 16.3. The van der Waals surface area contributed by atoms with Gasteiger partial charge in [-0.15, -0.1) is 0 Å². The molecule has 0 aromatic heterocycles. The van der Waals surface area contributed by atoms with E-state index in [-0.39, 0.29) is 6.10 Å². The van der Waals surface area contributed by atoms with Gasteiger partial charge in [0.05, 0.1) is 6.10 Å². The molecular weight excluding hydrogens is 152 g/mol. The molecule has 12 heavy (non-hydrogen) atoms. The summed E-state index contributed by atoms with van der Waals surface area (Å²) >= 11 is 0. The van der Waals surface area contributed by atoms with Crippen LogP contribution in [-0.4, -0.2) is 42.3 Å². The van der Waals surface area contributed by atoms with Gasteiger partial charge in [-0.3, -0.25) is 0 Å². The van der Waals surface area contributed by atoms with Crippen LogP contribution in [0.5, 0.6) is 0 Å². The van der Waals surface area contributed by atoms with Crippen LogP contribution < -0.4 is 5.73 Å². The second-order valence-electron chi connectivity index (χ2n) is 4.15. The number of nitrogens with zero attached hydrogens (tertiary/aromatic N) is 1. The second kappa shape index (κ2) is 3.32. The average Bonchev–Trinajstić information content (AvgIpc) is 2.14. The van der Waals surface area contributed by atoms with Crippen molar-refractivity contribution in [2.75, 3.05) is 26.2 Å². The highest BCUT2D eigenvalue weighted by Crippen LogP contribution is 2.39. The zero-order valence-corrected chi connectivity index (χ0v) is 7.45. The molecule has 2 bridgehead atoms. The number of nitrogens with two attached hydrogens (primary N) is 1. The van der Waals surface area contributed by atoms with E-state index < -0.39 is 0 Å². The fourth-order valence-electron chi connectivity index (χ4n) is 2.46. The van der Waals surface area contributed by atoms with Crippen LogP contribution in [0.4, 0.5) is 0 Å². The Hall–Kier alpha value is -0.120. The van der Waals surface area contributed by atoms with Gasteiger partial charge in [-0.25, -0.2) is 0 Å². The van der Waals surface area contributed by atoms with Crippen molar-refractivity contribution in [1.29, 1.82) is 0 Å². The molecule has 2 aliphatic heterocycles. The Kier molecular flexibility index (Phi) is 2.35. The fourth-order valence-corrected chi connectivity index (χ4v) is 2.46. The number of hydrogen-bond donors (Lipinski definition) is 2. The smallest absolute Gasteiger partial charge is 0.0621 e. The molecule has 3 atom stereocenters. The van der Waals surface area contributed by atoms with Crippen LogP contribution in [0.2, 0.25) is 0 Å². The number of rotatable bonds is 3. The van der Waals surface area contributed by atoms with Gasteiger partial charge < -0.3 is 15.7 Å². The summed E-state index contributed by atoms with van der Waals surface area (Å²) in [6, 6.07) is 0. The topological polar surface area (TPSA) is 49.5 Å². The Labute approximate surface area is 73.5 Å². The first-order valence-corrected chi connectivity index (χ1v) is 4.91. The third kappa shape index (κ3) is 1.37. The lowest BCUT2D eigenvalue weighted by Crippen LogP contribution is -2.58. The van der Waals surface area contributed by atoms with Crippen molar-refractivity contribution in [3.8, 4) is 0 Å². The molecule has 3 heteroatoms. The van der Waals surface area contributed by atoms with E-state index in [0.717, 1.165) is 32.6 Å². The highest BCUT2D eigenvalue weighted by molar-refractivity contribution is 4.97. The molecule has 2 saturated heterocycles. The van der Waals surface area contributed by atoms with Gasteiger partial charge in [0.15, 0.2) is 0 Å². The van der Waals surface area contributed by atoms with Crippen molar-refractivity contribution in [3.63, 3.8) is 0 Å². The summed E-state index contributed by atoms with van der Waals surface area (Å²) < 4.78 is 0. The van der Waals surface area contributed by atoms with Gasteiger partial charge in [-0.2, -0.15) is 0 Å². The highest BCUT2D eigenvalue weighted by Gasteiger charge is 2.45. The first-order chi connectivity index (χ1) is 5.81. The minimum atomic E-state index is 0.0131. The van der Waals surface area contributed by atoms with Gasteiger partial charge in [0.25, 0.3) is 0 Å². The van der Waals surface area contributed by atoms with Gasteiger partial charge in [0, 0.05) is 13.1 Å². The molecule has 0 amide bonds. The van der Waals surface area contributed by atoms with Crippen LogP contribution >= 0.6 is 0 Å². The number of aliphatic hydroxyl groups is 1. The van der Waals surface area contributed by atoms with Gasteiger partial charge in [0.2, 0.25) is 0 Å². The SMILES string of the molecule is NCCCN1C[C@H]2C[C@@H](C1)C2O. The molecule has 2 heterocycles. The molecule has 0 radical (unpaired) electrons. The molecule has 0 aromatic carbocycles. The van der Waals surface area contributed by atoms with E-state index >= 15 is 0 Å². The Balaban J connectivity index is 1.75. The Morgan fingerprint density at radius 2 is 2.00 bits per heavy atom. The molecule has 0 aromatic rings. The lowest BCUT2D eigenvalue weighted by Gasteiger charge is -2.51. The summed E-state index contributed by atoms with van der Waals surface area (Å²) in [4.78, 5) is 2.44. The standard InChI is InChI=1S/C9H18N2O/c10-2-1-3-11-5-7-4-8(6-11)9(7)12/h7-9,12H,1-6,10H2/t7-,8+,9?. The quantitative estimate of drug-likeness (QED) is 0.608. The zero-order valence-electron chi connectivity index (χ0n) is 7.45. The summed E-state index contributed by atoms with van der Waals surface area (Å²) in [6.45, 7) is 4.10. The van der Waals surface area contributed by atoms with Crippen LogP contribution in [0.3, 0.4) is 0 Å². The van der Waals surface area contributed by atoms with E-state index in [1.165, 1.54) is 6.42 Å². The van der Waals surface area contributed by atoms with Crippen LogP contribution in [-0.2, 0) is 0 Å². The molecule has 70 valence electrons. The van der Waals surface area contributed by atoms with Gasteiger partial charge in [-0.1, -0.05) is 0 Å². The van der Waals surface area contributed by atoms with E-state index in [1.54, 1.807) is 0 Å². The van der Waals surface area contributed by atoms with Crippen molar-refractivity contribution >= 4 is 0 Å². The third-order valence-electron chi connectivity index (χ3n) is 3.24. The summed E-state index contributed by atoms with van der Waals surface area (Å²) in [5.74, 6) is 1.14. The van der Waals surface area contributed by atoms with Crippen LogP contribution in [0.1, 0.15) is 12.8 Å². The first-order valence-electron chi connectivity index (χ1n) is 4.91. The van der Waals surface area contributed by atoms with Crippen molar-refractivity contribution in [2.24, 2.45) is 17.6 Å². The van der Waals surface area contributed by atoms with E-state index in [2.05, 4.69) is 4.90 Å². The zero-order chi connectivity index (χ0) is 8.55. The fraction of sp³-hybridized carbons (Fsp3) is 1.00. The van der Waals surface area contributed by atoms with E-state index in [9.17, 15) is 5.11 Å². The minimum Gasteiger partial charge on any atom is -0.392 e. The monoisotopic (exact) mass is 170 g/mol. The molecule has 1 saturated carbocycles. The maximum Gasteiger partial charge on any atom is 0.0621 e. The third-order valence-corrected chi connectivity index (χ3v) is 3.24. The predicted octanol–water partition coefficient (Wildman–Crippen LogP) is -0.352. The van der Waals surface area contributed by atoms with Crippen molar-refractivity contribution in [1.82, 2.24) is 4.90 Å². The maximum absolute atomic E-state index is 9.52. The molecule has 0 spiro atoms. The summed E-state index contributed by atoms with van der Waals surface area (Å²) in [7, 11) is 0. The van der Waals surface area contributed by atoms with E-state index in [1.807, 2.05) is 0 Å². The van der Waals surface area contributed by atoms with E-state index in [0.29, 0.717) is 11.8 Å². The molecule has 3 aliphatic rings. The number of piperidine rings is 2. The largest absolute Gasteiger partial charge is 0.392 e. The van der Waals surface area contributed by atoms with Crippen LogP contribution in [0.15, 0.2) is 0 Å². The van der Waals surface area contributed by atoms with E-state index in [4.69, 9.17) is 5.73 Å². The number of fused-ring (bicyclic) bond motifs is 2. The molecule has 3 fully saturated rings.